The SMILES string of the molecule is C[n+]1ccc(/C([O-])=N/[N+](C)(C)C)cc1.[I-]. The molecule has 0 bridgehead atoms. The van der Waals surface area contributed by atoms with E-state index in [0.29, 0.717) is 10.2 Å². The Morgan fingerprint density at radius 1 is 1.27 bits per heavy atom. The van der Waals surface area contributed by atoms with Crippen LogP contribution >= 0.6 is 0 Å². The maximum atomic E-state index is 11.6. The summed E-state index contributed by atoms with van der Waals surface area (Å²) in [4.78, 5) is 0. The number of rotatable bonds is 2. The molecule has 0 N–H and O–H groups in total. The van der Waals surface area contributed by atoms with E-state index in [-0.39, 0.29) is 29.9 Å². The van der Waals surface area contributed by atoms with Crippen LogP contribution < -0.4 is 33.7 Å². The van der Waals surface area contributed by atoms with Crippen molar-refractivity contribution in [2.75, 3.05) is 21.1 Å². The highest BCUT2D eigenvalue weighted by Gasteiger charge is 2.04. The summed E-state index contributed by atoms with van der Waals surface area (Å²) in [5, 5.41) is 15.6. The Bertz CT molecular complexity index is 341. The molecule has 0 fully saturated rings. The first-order chi connectivity index (χ1) is 6.38. The Hall–Kier alpha value is -0.690. The summed E-state index contributed by atoms with van der Waals surface area (Å²) >= 11 is 0. The van der Waals surface area contributed by atoms with Gasteiger partial charge in [-0.05, 0) is 0 Å². The van der Waals surface area contributed by atoms with E-state index in [2.05, 4.69) is 5.10 Å². The maximum absolute atomic E-state index is 11.6. The molecule has 0 aromatic carbocycles. The third kappa shape index (κ3) is 5.08. The van der Waals surface area contributed by atoms with E-state index in [1.165, 1.54) is 0 Å². The Balaban J connectivity index is 0.00000196. The zero-order valence-electron chi connectivity index (χ0n) is 9.44. The summed E-state index contributed by atoms with van der Waals surface area (Å²) in [6, 6.07) is 3.53. The van der Waals surface area contributed by atoms with Crippen LogP contribution in [-0.2, 0) is 7.05 Å². The predicted octanol–water partition coefficient (Wildman–Crippen LogP) is -3.76. The summed E-state index contributed by atoms with van der Waals surface area (Å²) in [6.45, 7) is 0. The first-order valence-electron chi connectivity index (χ1n) is 4.43. The highest BCUT2D eigenvalue weighted by atomic mass is 127. The van der Waals surface area contributed by atoms with E-state index in [1.807, 2.05) is 45.2 Å². The fraction of sp³-hybridized carbons (Fsp3) is 0.400. The minimum absolute atomic E-state index is 0. The van der Waals surface area contributed by atoms with Crippen LogP contribution in [0.15, 0.2) is 29.6 Å². The Labute approximate surface area is 107 Å². The minimum Gasteiger partial charge on any atom is -1.00 e. The highest BCUT2D eigenvalue weighted by Crippen LogP contribution is 1.98. The van der Waals surface area contributed by atoms with E-state index < -0.39 is 0 Å². The van der Waals surface area contributed by atoms with Crippen molar-refractivity contribution >= 4 is 5.90 Å². The van der Waals surface area contributed by atoms with Crippen molar-refractivity contribution < 1.29 is 38.2 Å². The third-order valence-corrected chi connectivity index (χ3v) is 1.62. The van der Waals surface area contributed by atoms with Gasteiger partial charge in [0.2, 0.25) is 0 Å². The number of quaternary nitrogens is 1. The fourth-order valence-corrected chi connectivity index (χ4v) is 0.974. The third-order valence-electron chi connectivity index (χ3n) is 1.62. The summed E-state index contributed by atoms with van der Waals surface area (Å²) in [5.74, 6) is -0.182. The molecule has 0 aliphatic rings. The number of halogens is 1. The smallest absolute Gasteiger partial charge is 0.169 e. The van der Waals surface area contributed by atoms with Gasteiger partial charge in [0.1, 0.15) is 7.05 Å². The van der Waals surface area contributed by atoms with E-state index in [1.54, 1.807) is 12.1 Å². The molecule has 0 amide bonds. The molecule has 15 heavy (non-hydrogen) atoms. The number of hydrogen-bond donors (Lipinski definition) is 0. The van der Waals surface area contributed by atoms with Crippen LogP contribution in [0.4, 0.5) is 0 Å². The van der Waals surface area contributed by atoms with Crippen LogP contribution in [0, 0.1) is 0 Å². The molecule has 0 aliphatic heterocycles. The van der Waals surface area contributed by atoms with Crippen molar-refractivity contribution in [1.82, 2.24) is 0 Å². The number of aryl methyl sites for hydroxylation is 1. The van der Waals surface area contributed by atoms with Crippen LogP contribution in [0.2, 0.25) is 0 Å². The average molecular weight is 321 g/mol. The molecule has 1 aromatic heterocycles. The molecule has 1 aromatic rings. The minimum atomic E-state index is -0.182. The van der Waals surface area contributed by atoms with Crippen LogP contribution in [0.25, 0.3) is 0 Å². The molecule has 0 unspecified atom stereocenters. The molecule has 0 saturated heterocycles. The van der Waals surface area contributed by atoms with Crippen molar-refractivity contribution in [3.63, 3.8) is 0 Å². The Morgan fingerprint density at radius 3 is 2.13 bits per heavy atom. The van der Waals surface area contributed by atoms with Gasteiger partial charge in [-0.2, -0.15) is 0 Å². The topological polar surface area (TPSA) is 39.3 Å². The Morgan fingerprint density at radius 2 is 1.73 bits per heavy atom. The number of hydrogen-bond acceptors (Lipinski definition) is 2. The molecule has 0 spiro atoms. The van der Waals surface area contributed by atoms with Crippen molar-refractivity contribution in [1.29, 1.82) is 0 Å². The lowest BCUT2D eigenvalue weighted by atomic mass is 10.3. The summed E-state index contributed by atoms with van der Waals surface area (Å²) in [6.07, 6.45) is 3.66. The van der Waals surface area contributed by atoms with Gasteiger partial charge in [0.05, 0.1) is 27.0 Å². The average Bonchev–Trinajstić information content (AvgIpc) is 2.02. The maximum Gasteiger partial charge on any atom is 0.169 e. The first-order valence-corrected chi connectivity index (χ1v) is 4.43. The van der Waals surface area contributed by atoms with Crippen LogP contribution in [0.1, 0.15) is 5.56 Å². The number of nitrogens with zero attached hydrogens (tertiary/aromatic N) is 3. The van der Waals surface area contributed by atoms with Gasteiger partial charge in [-0.1, -0.05) is 5.10 Å². The highest BCUT2D eigenvalue weighted by molar-refractivity contribution is 5.89. The molecule has 0 radical (unpaired) electrons. The molecule has 1 rings (SSSR count). The van der Waals surface area contributed by atoms with Crippen molar-refractivity contribution in [2.45, 2.75) is 0 Å². The second kappa shape index (κ2) is 5.41. The molecule has 84 valence electrons. The lowest BCUT2D eigenvalue weighted by Crippen LogP contribution is -3.00. The molecule has 0 atom stereocenters. The molecule has 1 heterocycles. The van der Waals surface area contributed by atoms with Gasteiger partial charge in [0.25, 0.3) is 0 Å². The van der Waals surface area contributed by atoms with E-state index in [0.717, 1.165) is 0 Å². The summed E-state index contributed by atoms with van der Waals surface area (Å²) in [5.41, 5.74) is 0.621. The molecule has 4 nitrogen and oxygen atoms in total. The summed E-state index contributed by atoms with van der Waals surface area (Å²) < 4.78 is 2.17. The first kappa shape index (κ1) is 14.3. The van der Waals surface area contributed by atoms with Gasteiger partial charge >= 0.3 is 0 Å². The van der Waals surface area contributed by atoms with Crippen LogP contribution in [0.3, 0.4) is 0 Å². The fourth-order valence-electron chi connectivity index (χ4n) is 0.974. The lowest BCUT2D eigenvalue weighted by molar-refractivity contribution is -0.878. The molecule has 5 heteroatoms. The van der Waals surface area contributed by atoms with Gasteiger partial charge in [0.15, 0.2) is 12.4 Å². The standard InChI is InChI=1S/C10H16N3O.HI/c1-12-7-5-9(6-8-12)10(14)11-13(2,3)4;/h5-8H,1-4H3;1H/q+1;/p-1. The molecule has 0 aliphatic carbocycles. The molecular formula is C10H16IN3O. The molecule has 0 saturated carbocycles. The van der Waals surface area contributed by atoms with E-state index >= 15 is 0 Å². The van der Waals surface area contributed by atoms with E-state index in [4.69, 9.17) is 0 Å². The normalized spacial score (nSPS) is 12.1. The van der Waals surface area contributed by atoms with Gasteiger partial charge in [-0.3, -0.25) is 0 Å². The number of aromatic nitrogens is 1. The largest absolute Gasteiger partial charge is 1.00 e. The van der Waals surface area contributed by atoms with Crippen LogP contribution in [-0.4, -0.2) is 31.6 Å². The second-order valence-electron chi connectivity index (χ2n) is 4.10. The lowest BCUT2D eigenvalue weighted by Gasteiger charge is -2.19. The quantitative estimate of drug-likeness (QED) is 0.138. The number of pyridine rings is 1. The van der Waals surface area contributed by atoms with Crippen molar-refractivity contribution in [3.8, 4) is 0 Å². The monoisotopic (exact) mass is 321 g/mol. The predicted molar refractivity (Wildman–Crippen MR) is 52.2 cm³/mol. The van der Waals surface area contributed by atoms with E-state index in [9.17, 15) is 5.11 Å². The van der Waals surface area contributed by atoms with Gasteiger partial charge < -0.3 is 29.1 Å². The zero-order valence-corrected chi connectivity index (χ0v) is 11.6. The second-order valence-corrected chi connectivity index (χ2v) is 4.10. The Kier molecular flexibility index (Phi) is 5.16. The molecular weight excluding hydrogens is 305 g/mol. The summed E-state index contributed by atoms with van der Waals surface area (Å²) in [7, 11) is 7.45. The van der Waals surface area contributed by atoms with Gasteiger partial charge in [-0.15, -0.1) is 0 Å². The van der Waals surface area contributed by atoms with Crippen molar-refractivity contribution in [2.24, 2.45) is 12.1 Å². The van der Waals surface area contributed by atoms with Crippen molar-refractivity contribution in [3.05, 3.63) is 30.1 Å². The van der Waals surface area contributed by atoms with Crippen LogP contribution in [0.5, 0.6) is 0 Å². The van der Waals surface area contributed by atoms with Gasteiger partial charge in [0, 0.05) is 17.7 Å². The zero-order chi connectivity index (χ0) is 10.8. The van der Waals surface area contributed by atoms with Gasteiger partial charge in [-0.25, -0.2) is 9.16 Å².